The molecule has 1 aliphatic rings. The molecule has 0 aromatic rings. The summed E-state index contributed by atoms with van der Waals surface area (Å²) in [6.45, 7) is 8.79. The molecule has 7 atom stereocenters. The molecule has 10 nitrogen and oxygen atoms in total. The molecule has 1 rings (SSSR count). The Bertz CT molecular complexity index is 664. The highest BCUT2D eigenvalue weighted by Crippen LogP contribution is 2.45. The van der Waals surface area contributed by atoms with Crippen LogP contribution < -0.4 is 0 Å². The number of rotatable bonds is 13. The summed E-state index contributed by atoms with van der Waals surface area (Å²) in [6.07, 6.45) is -1.17. The summed E-state index contributed by atoms with van der Waals surface area (Å²) in [5, 5.41) is 0. The molecular formula is C23H38O10. The van der Waals surface area contributed by atoms with Crippen LogP contribution in [0, 0.1) is 23.7 Å². The molecule has 7 unspecified atom stereocenters. The zero-order valence-electron chi connectivity index (χ0n) is 20.7. The Hall–Kier alpha value is -2.20. The third kappa shape index (κ3) is 8.26. The zero-order valence-corrected chi connectivity index (χ0v) is 20.7. The summed E-state index contributed by atoms with van der Waals surface area (Å²) >= 11 is 0. The Morgan fingerprint density at radius 3 is 1.52 bits per heavy atom. The van der Waals surface area contributed by atoms with Crippen molar-refractivity contribution in [3.8, 4) is 0 Å². The number of hydrogen-bond acceptors (Lipinski definition) is 10. The van der Waals surface area contributed by atoms with Gasteiger partial charge >= 0.3 is 23.9 Å². The first-order valence-electron chi connectivity index (χ1n) is 11.4. The molecule has 190 valence electrons. The predicted molar refractivity (Wildman–Crippen MR) is 116 cm³/mol. The topological polar surface area (TPSA) is 124 Å². The maximum Gasteiger partial charge on any atom is 0.311 e. The lowest BCUT2D eigenvalue weighted by Crippen LogP contribution is -2.41. The molecule has 1 fully saturated rings. The monoisotopic (exact) mass is 474 g/mol. The van der Waals surface area contributed by atoms with Gasteiger partial charge in [-0.25, -0.2) is 0 Å². The van der Waals surface area contributed by atoms with Gasteiger partial charge in [0.05, 0.1) is 49.6 Å². The molecule has 0 bridgehead atoms. The van der Waals surface area contributed by atoms with Gasteiger partial charge in [0.1, 0.15) is 12.2 Å². The maximum absolute atomic E-state index is 13.2. The zero-order chi connectivity index (χ0) is 25.1. The van der Waals surface area contributed by atoms with E-state index in [1.165, 1.54) is 14.2 Å². The van der Waals surface area contributed by atoms with Crippen molar-refractivity contribution in [3.05, 3.63) is 0 Å². The summed E-state index contributed by atoms with van der Waals surface area (Å²) in [6, 6.07) is 0. The molecule has 33 heavy (non-hydrogen) atoms. The average molecular weight is 475 g/mol. The van der Waals surface area contributed by atoms with Gasteiger partial charge in [-0.3, -0.25) is 19.2 Å². The smallest absolute Gasteiger partial charge is 0.311 e. The minimum atomic E-state index is -1.27. The minimum absolute atomic E-state index is 0.0825. The van der Waals surface area contributed by atoms with Crippen LogP contribution >= 0.6 is 0 Å². The van der Waals surface area contributed by atoms with Crippen LogP contribution in [0.3, 0.4) is 0 Å². The number of hydrogen-bond donors (Lipinski definition) is 0. The fourth-order valence-electron chi connectivity index (χ4n) is 3.88. The van der Waals surface area contributed by atoms with Crippen molar-refractivity contribution < 1.29 is 47.6 Å². The largest absolute Gasteiger partial charge is 0.466 e. The van der Waals surface area contributed by atoms with Crippen LogP contribution in [0.4, 0.5) is 0 Å². The van der Waals surface area contributed by atoms with Crippen molar-refractivity contribution in [1.82, 2.24) is 0 Å². The van der Waals surface area contributed by atoms with Crippen LogP contribution in [0.25, 0.3) is 0 Å². The summed E-state index contributed by atoms with van der Waals surface area (Å²) in [5.41, 5.74) is 0. The molecule has 0 heterocycles. The third-order valence-electron chi connectivity index (χ3n) is 5.53. The lowest BCUT2D eigenvalue weighted by molar-refractivity contribution is -0.174. The molecule has 0 aromatic carbocycles. The number of methoxy groups -OCH3 is 2. The number of esters is 4. The van der Waals surface area contributed by atoms with E-state index >= 15 is 0 Å². The number of carbonyl (C=O) groups is 4. The van der Waals surface area contributed by atoms with Crippen molar-refractivity contribution in [3.63, 3.8) is 0 Å². The van der Waals surface area contributed by atoms with Gasteiger partial charge in [-0.1, -0.05) is 6.92 Å². The second kappa shape index (κ2) is 14.1. The molecule has 0 radical (unpaired) electrons. The molecule has 0 aromatic heterocycles. The Morgan fingerprint density at radius 1 is 0.697 bits per heavy atom. The SMILES string of the molecule is CCOC(=O)C1CC(C(=O)OC(C)CC)C(C(=O)OC(C)COC)C1C(=O)OC(C)COC. The molecule has 0 spiro atoms. The van der Waals surface area contributed by atoms with Crippen molar-refractivity contribution in [1.29, 1.82) is 0 Å². The van der Waals surface area contributed by atoms with E-state index < -0.39 is 65.9 Å². The molecule has 0 amide bonds. The standard InChI is InChI=1S/C23H38O10/c1-8-13(3)31-21(25)17-10-16(20(24)30-9-2)18(22(26)32-14(4)11-28-6)19(17)23(27)33-15(5)12-29-7/h13-19H,8-12H2,1-7H3. The average Bonchev–Trinajstić information content (AvgIpc) is 3.15. The first-order chi connectivity index (χ1) is 15.6. The van der Waals surface area contributed by atoms with Gasteiger partial charge in [-0.2, -0.15) is 0 Å². The number of carbonyl (C=O) groups excluding carboxylic acids is 4. The lowest BCUT2D eigenvalue weighted by Gasteiger charge is -2.26. The summed E-state index contributed by atoms with van der Waals surface area (Å²) in [4.78, 5) is 52.0. The van der Waals surface area contributed by atoms with E-state index in [9.17, 15) is 19.2 Å². The van der Waals surface area contributed by atoms with Gasteiger partial charge in [0, 0.05) is 14.2 Å². The fourth-order valence-corrected chi connectivity index (χ4v) is 3.88. The van der Waals surface area contributed by atoms with Crippen molar-refractivity contribution in [2.45, 2.75) is 65.8 Å². The molecule has 0 N–H and O–H groups in total. The Balaban J connectivity index is 3.36. The molecule has 1 aliphatic carbocycles. The summed E-state index contributed by atoms with van der Waals surface area (Å²) < 4.78 is 31.5. The Morgan fingerprint density at radius 2 is 1.12 bits per heavy atom. The third-order valence-corrected chi connectivity index (χ3v) is 5.53. The quantitative estimate of drug-likeness (QED) is 0.289. The van der Waals surface area contributed by atoms with Crippen LogP contribution in [0.15, 0.2) is 0 Å². The Labute approximate surface area is 195 Å². The van der Waals surface area contributed by atoms with E-state index in [-0.39, 0.29) is 26.2 Å². The first kappa shape index (κ1) is 28.8. The fraction of sp³-hybridized carbons (Fsp3) is 0.826. The van der Waals surface area contributed by atoms with Gasteiger partial charge < -0.3 is 28.4 Å². The van der Waals surface area contributed by atoms with Crippen LogP contribution in [0.5, 0.6) is 0 Å². The van der Waals surface area contributed by atoms with Crippen molar-refractivity contribution in [2.24, 2.45) is 23.7 Å². The van der Waals surface area contributed by atoms with Gasteiger partial charge in [-0.05, 0) is 40.5 Å². The van der Waals surface area contributed by atoms with Gasteiger partial charge in [0.2, 0.25) is 0 Å². The predicted octanol–water partition coefficient (Wildman–Crippen LogP) is 1.92. The van der Waals surface area contributed by atoms with Gasteiger partial charge in [0.15, 0.2) is 0 Å². The number of ether oxygens (including phenoxy) is 6. The first-order valence-corrected chi connectivity index (χ1v) is 11.4. The van der Waals surface area contributed by atoms with Crippen molar-refractivity contribution in [2.75, 3.05) is 34.0 Å². The van der Waals surface area contributed by atoms with E-state index in [0.717, 1.165) is 0 Å². The van der Waals surface area contributed by atoms with E-state index in [1.807, 2.05) is 6.92 Å². The normalized spacial score (nSPS) is 24.9. The molecule has 0 aliphatic heterocycles. The summed E-state index contributed by atoms with van der Waals surface area (Å²) in [7, 11) is 2.92. The van der Waals surface area contributed by atoms with Gasteiger partial charge in [-0.15, -0.1) is 0 Å². The Kier molecular flexibility index (Phi) is 12.4. The van der Waals surface area contributed by atoms with Crippen molar-refractivity contribution >= 4 is 23.9 Å². The molecule has 1 saturated carbocycles. The van der Waals surface area contributed by atoms with Crippen LogP contribution in [0.2, 0.25) is 0 Å². The highest BCUT2D eigenvalue weighted by atomic mass is 16.6. The van der Waals surface area contributed by atoms with E-state index in [0.29, 0.717) is 6.42 Å². The van der Waals surface area contributed by atoms with Gasteiger partial charge in [0.25, 0.3) is 0 Å². The maximum atomic E-state index is 13.2. The van der Waals surface area contributed by atoms with Crippen LogP contribution in [0.1, 0.15) is 47.5 Å². The van der Waals surface area contributed by atoms with E-state index in [2.05, 4.69) is 0 Å². The van der Waals surface area contributed by atoms with Crippen LogP contribution in [-0.4, -0.2) is 76.2 Å². The molecular weight excluding hydrogens is 436 g/mol. The second-order valence-corrected chi connectivity index (χ2v) is 8.31. The molecule has 0 saturated heterocycles. The molecule has 10 heteroatoms. The summed E-state index contributed by atoms with van der Waals surface area (Å²) in [5.74, 6) is -7.59. The van der Waals surface area contributed by atoms with E-state index in [1.54, 1.807) is 27.7 Å². The highest BCUT2D eigenvalue weighted by molar-refractivity contribution is 5.93. The highest BCUT2D eigenvalue weighted by Gasteiger charge is 2.58. The van der Waals surface area contributed by atoms with Crippen LogP contribution in [-0.2, 0) is 47.6 Å². The minimum Gasteiger partial charge on any atom is -0.466 e. The van der Waals surface area contributed by atoms with E-state index in [4.69, 9.17) is 28.4 Å². The second-order valence-electron chi connectivity index (χ2n) is 8.31. The lowest BCUT2D eigenvalue weighted by atomic mass is 9.86.